The number of hydrogen-bond donors (Lipinski definition) is 1. The molecule has 1 atom stereocenters. The number of rotatable bonds is 6. The van der Waals surface area contributed by atoms with Crippen LogP contribution in [0.25, 0.3) is 11.3 Å². The summed E-state index contributed by atoms with van der Waals surface area (Å²) in [6.45, 7) is 1.04. The maximum Gasteiger partial charge on any atom is 0.312 e. The third kappa shape index (κ3) is 5.93. The maximum atomic E-state index is 13.2. The smallest absolute Gasteiger partial charge is 0.312 e. The van der Waals surface area contributed by atoms with Crippen molar-refractivity contribution in [1.29, 1.82) is 0 Å². The van der Waals surface area contributed by atoms with Crippen LogP contribution >= 0.6 is 27.5 Å². The molecule has 39 heavy (non-hydrogen) atoms. The molecule has 0 radical (unpaired) electrons. The number of nitrogens with zero attached hydrogens (tertiary/aromatic N) is 4. The summed E-state index contributed by atoms with van der Waals surface area (Å²) in [5.41, 5.74) is 2.93. The molecule has 1 fully saturated rings. The highest BCUT2D eigenvalue weighted by molar-refractivity contribution is 9.10. The van der Waals surface area contributed by atoms with Gasteiger partial charge < -0.3 is 14.9 Å². The minimum atomic E-state index is -1.18. The first-order valence-corrected chi connectivity index (χ1v) is 13.8. The minimum Gasteiger partial charge on any atom is -0.383 e. The lowest BCUT2D eigenvalue weighted by atomic mass is 9.93. The van der Waals surface area contributed by atoms with Gasteiger partial charge in [-0.05, 0) is 35.7 Å². The van der Waals surface area contributed by atoms with Crippen LogP contribution in [0.1, 0.15) is 23.1 Å². The van der Waals surface area contributed by atoms with Gasteiger partial charge in [-0.2, -0.15) is 5.10 Å². The number of β-amino-alcohol motifs (C(OH)–C–C–N with tert-alkyl or cyclic N) is 1. The Labute approximate surface area is 240 Å². The normalized spacial score (nSPS) is 16.9. The lowest BCUT2D eigenvalue weighted by Crippen LogP contribution is -2.44. The van der Waals surface area contributed by atoms with Gasteiger partial charge in [-0.25, -0.2) is 0 Å². The molecule has 7 nitrogen and oxygen atoms in total. The van der Waals surface area contributed by atoms with E-state index in [2.05, 4.69) is 15.9 Å². The molecule has 200 valence electrons. The second-order valence-electron chi connectivity index (χ2n) is 9.83. The van der Waals surface area contributed by atoms with Gasteiger partial charge in [-0.15, -0.1) is 0 Å². The molecule has 0 aliphatic carbocycles. The number of likely N-dealkylation sites (N-methyl/N-ethyl adjacent to an activating group) is 1. The summed E-state index contributed by atoms with van der Waals surface area (Å²) in [7, 11) is 1.61. The summed E-state index contributed by atoms with van der Waals surface area (Å²) >= 11 is 9.77. The van der Waals surface area contributed by atoms with E-state index in [1.807, 2.05) is 85.1 Å². The molecular weight excluding hydrogens is 580 g/mol. The molecule has 1 aliphatic heterocycles. The fraction of sp³-hybridized carbons (Fsp3) is 0.233. The van der Waals surface area contributed by atoms with Crippen molar-refractivity contribution in [3.8, 4) is 11.3 Å². The molecule has 1 aromatic heterocycles. The first-order chi connectivity index (χ1) is 18.7. The van der Waals surface area contributed by atoms with Gasteiger partial charge in [0.25, 0.3) is 0 Å². The van der Waals surface area contributed by atoms with E-state index >= 15 is 0 Å². The quantitative estimate of drug-likeness (QED) is 0.310. The Bertz CT molecular complexity index is 1490. The van der Waals surface area contributed by atoms with Crippen molar-refractivity contribution < 1.29 is 14.7 Å². The largest absolute Gasteiger partial charge is 0.383 e. The van der Waals surface area contributed by atoms with Gasteiger partial charge in [-0.3, -0.25) is 14.3 Å². The maximum absolute atomic E-state index is 13.2. The average Bonchev–Trinajstić information content (AvgIpc) is 3.54. The number of carbonyl (C=O) groups is 2. The summed E-state index contributed by atoms with van der Waals surface area (Å²) in [4.78, 5) is 29.2. The highest BCUT2D eigenvalue weighted by atomic mass is 79.9. The van der Waals surface area contributed by atoms with Crippen LogP contribution < -0.4 is 0 Å². The average molecular weight is 608 g/mol. The summed E-state index contributed by atoms with van der Waals surface area (Å²) in [5.74, 6) is -1.26. The second-order valence-corrected chi connectivity index (χ2v) is 11.2. The van der Waals surface area contributed by atoms with E-state index in [1.165, 1.54) is 9.80 Å². The van der Waals surface area contributed by atoms with Crippen molar-refractivity contribution in [3.63, 3.8) is 0 Å². The Balaban J connectivity index is 1.33. The molecule has 0 spiro atoms. The van der Waals surface area contributed by atoms with Gasteiger partial charge in [0.05, 0.1) is 18.8 Å². The molecular formula is C30H28BrClN4O3. The van der Waals surface area contributed by atoms with E-state index < -0.39 is 17.4 Å². The van der Waals surface area contributed by atoms with E-state index in [4.69, 9.17) is 16.7 Å². The van der Waals surface area contributed by atoms with Crippen LogP contribution in [0.3, 0.4) is 0 Å². The van der Waals surface area contributed by atoms with E-state index in [0.717, 1.165) is 32.4 Å². The Morgan fingerprint density at radius 2 is 1.72 bits per heavy atom. The Morgan fingerprint density at radius 1 is 1.03 bits per heavy atom. The van der Waals surface area contributed by atoms with Crippen molar-refractivity contribution in [2.75, 3.05) is 20.1 Å². The zero-order chi connectivity index (χ0) is 27.6. The zero-order valence-corrected chi connectivity index (χ0v) is 23.8. The Morgan fingerprint density at radius 3 is 2.44 bits per heavy atom. The number of amides is 2. The van der Waals surface area contributed by atoms with Crippen molar-refractivity contribution >= 4 is 39.3 Å². The lowest BCUT2D eigenvalue weighted by Gasteiger charge is -2.25. The Kier molecular flexibility index (Phi) is 7.88. The summed E-state index contributed by atoms with van der Waals surface area (Å²) in [6, 6.07) is 24.7. The van der Waals surface area contributed by atoms with Gasteiger partial charge in [0.1, 0.15) is 5.60 Å². The molecule has 1 saturated heterocycles. The van der Waals surface area contributed by atoms with Crippen LogP contribution in [0.5, 0.6) is 0 Å². The van der Waals surface area contributed by atoms with Crippen molar-refractivity contribution in [3.05, 3.63) is 111 Å². The van der Waals surface area contributed by atoms with Crippen LogP contribution in [-0.2, 0) is 28.3 Å². The van der Waals surface area contributed by atoms with Crippen molar-refractivity contribution in [2.45, 2.75) is 25.1 Å². The molecule has 5 rings (SSSR count). The fourth-order valence-corrected chi connectivity index (χ4v) is 5.35. The molecule has 0 bridgehead atoms. The van der Waals surface area contributed by atoms with Crippen molar-refractivity contribution in [2.24, 2.45) is 0 Å². The van der Waals surface area contributed by atoms with Gasteiger partial charge in [0, 0.05) is 47.0 Å². The monoisotopic (exact) mass is 606 g/mol. The minimum absolute atomic E-state index is 0.0675. The summed E-state index contributed by atoms with van der Waals surface area (Å²) in [6.07, 6.45) is 2.26. The third-order valence-corrected chi connectivity index (χ3v) is 7.93. The van der Waals surface area contributed by atoms with Gasteiger partial charge >= 0.3 is 11.8 Å². The molecule has 0 saturated carbocycles. The highest BCUT2D eigenvalue weighted by Crippen LogP contribution is 2.33. The molecule has 9 heteroatoms. The number of benzene rings is 3. The molecule has 1 N–H and O–H groups in total. The first-order valence-electron chi connectivity index (χ1n) is 12.6. The van der Waals surface area contributed by atoms with E-state index in [-0.39, 0.29) is 13.1 Å². The predicted molar refractivity (Wildman–Crippen MR) is 154 cm³/mol. The number of carbonyl (C=O) groups excluding carboxylic acids is 2. The number of likely N-dealkylation sites (tertiary alicyclic amines) is 1. The van der Waals surface area contributed by atoms with Crippen LogP contribution in [0, 0.1) is 0 Å². The molecule has 1 unspecified atom stereocenters. The van der Waals surface area contributed by atoms with Crippen LogP contribution in [0.2, 0.25) is 5.02 Å². The molecule has 3 aromatic carbocycles. The molecule has 4 aromatic rings. The lowest BCUT2D eigenvalue weighted by molar-refractivity contribution is -0.151. The van der Waals surface area contributed by atoms with E-state index in [1.54, 1.807) is 11.7 Å². The van der Waals surface area contributed by atoms with E-state index in [9.17, 15) is 14.7 Å². The van der Waals surface area contributed by atoms with Gasteiger partial charge in [0.15, 0.2) is 0 Å². The first kappa shape index (κ1) is 27.1. The summed E-state index contributed by atoms with van der Waals surface area (Å²) in [5, 5.41) is 16.6. The number of hydrogen-bond acceptors (Lipinski definition) is 4. The SMILES string of the molecule is CN(Cc1cn(Cc2ccccc2Cl)nc1-c1ccccc1)C(=O)C(=O)N1CCC(O)(c2ccc(Br)cc2)C1. The number of aromatic nitrogens is 2. The predicted octanol–water partition coefficient (Wildman–Crippen LogP) is 5.09. The van der Waals surface area contributed by atoms with Gasteiger partial charge in [-0.1, -0.05) is 88.2 Å². The zero-order valence-electron chi connectivity index (χ0n) is 21.4. The number of halogens is 2. The topological polar surface area (TPSA) is 78.7 Å². The van der Waals surface area contributed by atoms with Crippen LogP contribution in [-0.4, -0.2) is 56.6 Å². The third-order valence-electron chi connectivity index (χ3n) is 7.03. The van der Waals surface area contributed by atoms with Crippen LogP contribution in [0.15, 0.2) is 89.5 Å². The van der Waals surface area contributed by atoms with Crippen LogP contribution in [0.4, 0.5) is 0 Å². The molecule has 2 amide bonds. The van der Waals surface area contributed by atoms with Crippen molar-refractivity contribution in [1.82, 2.24) is 19.6 Å². The highest BCUT2D eigenvalue weighted by Gasteiger charge is 2.41. The fourth-order valence-electron chi connectivity index (χ4n) is 4.89. The number of aliphatic hydroxyl groups is 1. The molecule has 1 aliphatic rings. The Hall–Kier alpha value is -3.46. The second kappa shape index (κ2) is 11.3. The van der Waals surface area contributed by atoms with E-state index in [0.29, 0.717) is 24.5 Å². The standard InChI is InChI=1S/C30H28BrClN4O3/c1-34(28(37)29(38)35-16-15-30(39,20-35)24-11-13-25(31)14-12-24)17-23-19-36(18-22-9-5-6-10-26(22)32)33-27(23)21-7-3-2-4-8-21/h2-14,19,39H,15-18,20H2,1H3. The molecule has 2 heterocycles. The summed E-state index contributed by atoms with van der Waals surface area (Å²) < 4.78 is 2.71. The van der Waals surface area contributed by atoms with Gasteiger partial charge in [0.2, 0.25) is 0 Å².